The van der Waals surface area contributed by atoms with E-state index in [-0.39, 0.29) is 17.6 Å². The second-order valence-corrected chi connectivity index (χ2v) is 9.97. The predicted octanol–water partition coefficient (Wildman–Crippen LogP) is 3.85. The van der Waals surface area contributed by atoms with Crippen molar-refractivity contribution in [2.75, 3.05) is 32.6 Å². The molecule has 1 heterocycles. The minimum atomic E-state index is -3.43. The van der Waals surface area contributed by atoms with Crippen LogP contribution in [0, 0.1) is 12.8 Å². The van der Waals surface area contributed by atoms with Crippen molar-refractivity contribution < 1.29 is 22.7 Å². The summed E-state index contributed by atoms with van der Waals surface area (Å²) < 4.78 is 37.5. The smallest absolute Gasteiger partial charge is 0.227 e. The van der Waals surface area contributed by atoms with Crippen molar-refractivity contribution >= 4 is 33.2 Å². The molecule has 0 saturated carbocycles. The highest BCUT2D eigenvalue weighted by Gasteiger charge is 2.31. The molecule has 0 aromatic heterocycles. The Labute approximate surface area is 188 Å². The molecule has 7 nitrogen and oxygen atoms in total. The molecule has 1 N–H and O–H groups in total. The maximum absolute atomic E-state index is 12.8. The van der Waals surface area contributed by atoms with Crippen LogP contribution in [-0.4, -0.2) is 45.9 Å². The summed E-state index contributed by atoms with van der Waals surface area (Å²) in [4.78, 5) is 12.8. The predicted molar refractivity (Wildman–Crippen MR) is 121 cm³/mol. The van der Waals surface area contributed by atoms with Crippen LogP contribution in [0.2, 0.25) is 5.02 Å². The Balaban J connectivity index is 1.61. The van der Waals surface area contributed by atoms with Crippen molar-refractivity contribution in [2.45, 2.75) is 25.5 Å². The number of rotatable bonds is 7. The van der Waals surface area contributed by atoms with E-state index in [9.17, 15) is 13.2 Å². The van der Waals surface area contributed by atoms with Gasteiger partial charge in [-0.05, 0) is 25.3 Å². The van der Waals surface area contributed by atoms with Gasteiger partial charge in [0.2, 0.25) is 15.9 Å². The molecule has 168 valence electrons. The average Bonchev–Trinajstić information content (AvgIpc) is 2.76. The van der Waals surface area contributed by atoms with Crippen molar-refractivity contribution in [3.05, 3.63) is 52.5 Å². The van der Waals surface area contributed by atoms with E-state index in [1.54, 1.807) is 12.1 Å². The van der Waals surface area contributed by atoms with Gasteiger partial charge >= 0.3 is 0 Å². The third-order valence-corrected chi connectivity index (χ3v) is 7.57. The molecule has 3 rings (SSSR count). The van der Waals surface area contributed by atoms with E-state index in [1.807, 2.05) is 31.2 Å². The highest BCUT2D eigenvalue weighted by atomic mass is 35.5. The number of carbonyl (C=O) groups is 1. The van der Waals surface area contributed by atoms with E-state index in [2.05, 4.69) is 5.32 Å². The van der Waals surface area contributed by atoms with Crippen LogP contribution in [0.25, 0.3) is 0 Å². The van der Waals surface area contributed by atoms with E-state index in [0.29, 0.717) is 48.1 Å². The standard InChI is InChI=1S/C22H27ClN2O5S/c1-15-4-6-16(7-5-15)14-31(27,28)25-10-8-17(9-11-25)22(26)24-19-13-20(29-2)18(23)12-21(19)30-3/h4-7,12-13,17H,8-11,14H2,1-3H3,(H,24,26). The van der Waals surface area contributed by atoms with Gasteiger partial charge in [0.1, 0.15) is 11.5 Å². The highest BCUT2D eigenvalue weighted by molar-refractivity contribution is 7.88. The number of hydrogen-bond acceptors (Lipinski definition) is 5. The highest BCUT2D eigenvalue weighted by Crippen LogP contribution is 2.36. The van der Waals surface area contributed by atoms with Gasteiger partial charge in [0.15, 0.2) is 0 Å². The molecule has 1 aliphatic rings. The Morgan fingerprint density at radius 2 is 1.71 bits per heavy atom. The quantitative estimate of drug-likeness (QED) is 0.670. The van der Waals surface area contributed by atoms with E-state index >= 15 is 0 Å². The molecule has 2 aromatic carbocycles. The third-order valence-electron chi connectivity index (χ3n) is 5.42. The first-order valence-electron chi connectivity index (χ1n) is 9.99. The van der Waals surface area contributed by atoms with Crippen LogP contribution in [0.15, 0.2) is 36.4 Å². The fourth-order valence-electron chi connectivity index (χ4n) is 3.58. The van der Waals surface area contributed by atoms with Gasteiger partial charge in [0, 0.05) is 31.1 Å². The number of sulfonamides is 1. The molecule has 1 saturated heterocycles. The molecule has 0 atom stereocenters. The summed E-state index contributed by atoms with van der Waals surface area (Å²) in [6.07, 6.45) is 0.901. The molecule has 1 aliphatic heterocycles. The molecule has 1 fully saturated rings. The van der Waals surface area contributed by atoms with Crippen molar-refractivity contribution in [1.29, 1.82) is 0 Å². The van der Waals surface area contributed by atoms with Crippen LogP contribution in [-0.2, 0) is 20.6 Å². The van der Waals surface area contributed by atoms with Gasteiger partial charge in [0.05, 0.1) is 30.7 Å². The summed E-state index contributed by atoms with van der Waals surface area (Å²) in [6.45, 7) is 2.59. The molecule has 9 heteroatoms. The first kappa shape index (κ1) is 23.4. The molecule has 31 heavy (non-hydrogen) atoms. The average molecular weight is 467 g/mol. The number of piperidine rings is 1. The molecule has 0 aliphatic carbocycles. The number of ether oxygens (including phenoxy) is 2. The Morgan fingerprint density at radius 1 is 1.10 bits per heavy atom. The van der Waals surface area contributed by atoms with Crippen LogP contribution in [0.5, 0.6) is 11.5 Å². The summed E-state index contributed by atoms with van der Waals surface area (Å²) >= 11 is 6.11. The molecule has 1 amide bonds. The van der Waals surface area contributed by atoms with Crippen molar-refractivity contribution in [2.24, 2.45) is 5.92 Å². The molecule has 0 unspecified atom stereocenters. The molecule has 0 bridgehead atoms. The third kappa shape index (κ3) is 5.70. The van der Waals surface area contributed by atoms with Crippen molar-refractivity contribution in [1.82, 2.24) is 4.31 Å². The SMILES string of the molecule is COc1cc(NC(=O)C2CCN(S(=O)(=O)Cc3ccc(C)cc3)CC2)c(OC)cc1Cl. The van der Waals surface area contributed by atoms with Crippen molar-refractivity contribution in [3.63, 3.8) is 0 Å². The van der Waals surface area contributed by atoms with E-state index < -0.39 is 10.0 Å². The number of hydrogen-bond donors (Lipinski definition) is 1. The van der Waals surface area contributed by atoms with Gasteiger partial charge in [-0.25, -0.2) is 12.7 Å². The fourth-order valence-corrected chi connectivity index (χ4v) is 5.37. The molecular formula is C22H27ClN2O5S. The lowest BCUT2D eigenvalue weighted by Gasteiger charge is -2.30. The minimum absolute atomic E-state index is 0.0358. The minimum Gasteiger partial charge on any atom is -0.495 e. The number of methoxy groups -OCH3 is 2. The number of carbonyl (C=O) groups excluding carboxylic acids is 1. The number of aryl methyl sites for hydroxylation is 1. The second kappa shape index (κ2) is 9.89. The topological polar surface area (TPSA) is 84.9 Å². The molecular weight excluding hydrogens is 440 g/mol. The molecule has 0 radical (unpaired) electrons. The summed E-state index contributed by atoms with van der Waals surface area (Å²) in [6, 6.07) is 10.7. The van der Waals surface area contributed by atoms with Gasteiger partial charge in [-0.1, -0.05) is 41.4 Å². The van der Waals surface area contributed by atoms with Crippen LogP contribution in [0.3, 0.4) is 0 Å². The zero-order chi connectivity index (χ0) is 22.6. The van der Waals surface area contributed by atoms with Gasteiger partial charge in [-0.3, -0.25) is 4.79 Å². The number of nitrogens with one attached hydrogen (secondary N) is 1. The Kier molecular flexibility index (Phi) is 7.46. The monoisotopic (exact) mass is 466 g/mol. The van der Waals surface area contributed by atoms with Crippen LogP contribution < -0.4 is 14.8 Å². The first-order chi connectivity index (χ1) is 14.7. The lowest BCUT2D eigenvalue weighted by molar-refractivity contribution is -0.120. The fraction of sp³-hybridized carbons (Fsp3) is 0.409. The first-order valence-corrected chi connectivity index (χ1v) is 12.0. The van der Waals surface area contributed by atoms with Crippen LogP contribution in [0.4, 0.5) is 5.69 Å². The number of halogens is 1. The van der Waals surface area contributed by atoms with Crippen LogP contribution in [0.1, 0.15) is 24.0 Å². The maximum atomic E-state index is 12.8. The Hall–Kier alpha value is -2.29. The Bertz CT molecular complexity index is 1030. The summed E-state index contributed by atoms with van der Waals surface area (Å²) in [5.41, 5.74) is 2.31. The van der Waals surface area contributed by atoms with E-state index in [1.165, 1.54) is 18.5 Å². The zero-order valence-electron chi connectivity index (χ0n) is 17.9. The van der Waals surface area contributed by atoms with Crippen molar-refractivity contribution in [3.8, 4) is 11.5 Å². The number of amides is 1. The summed E-state index contributed by atoms with van der Waals surface area (Å²) in [5.74, 6) is 0.342. The van der Waals surface area contributed by atoms with Gasteiger partial charge in [-0.15, -0.1) is 0 Å². The number of benzene rings is 2. The van der Waals surface area contributed by atoms with Gasteiger partial charge in [0.25, 0.3) is 0 Å². The number of anilines is 1. The summed E-state index contributed by atoms with van der Waals surface area (Å²) in [7, 11) is -0.448. The van der Waals surface area contributed by atoms with E-state index in [4.69, 9.17) is 21.1 Å². The van der Waals surface area contributed by atoms with Gasteiger partial charge < -0.3 is 14.8 Å². The second-order valence-electron chi connectivity index (χ2n) is 7.59. The zero-order valence-corrected chi connectivity index (χ0v) is 19.4. The lowest BCUT2D eigenvalue weighted by atomic mass is 9.97. The summed E-state index contributed by atoms with van der Waals surface area (Å²) in [5, 5.41) is 3.24. The normalized spacial score (nSPS) is 15.5. The maximum Gasteiger partial charge on any atom is 0.227 e. The molecule has 2 aromatic rings. The van der Waals surface area contributed by atoms with E-state index in [0.717, 1.165) is 11.1 Å². The van der Waals surface area contributed by atoms with Gasteiger partial charge in [-0.2, -0.15) is 0 Å². The lowest BCUT2D eigenvalue weighted by Crippen LogP contribution is -2.41. The van der Waals surface area contributed by atoms with Crippen LogP contribution >= 0.6 is 11.6 Å². The molecule has 0 spiro atoms. The largest absolute Gasteiger partial charge is 0.495 e. The number of nitrogens with zero attached hydrogens (tertiary/aromatic N) is 1. The Morgan fingerprint density at radius 3 is 2.29 bits per heavy atom.